The maximum Gasteiger partial charge on any atom is 0.310 e. The van der Waals surface area contributed by atoms with Crippen molar-refractivity contribution in [3.63, 3.8) is 0 Å². The van der Waals surface area contributed by atoms with Gasteiger partial charge in [-0.2, -0.15) is 0 Å². The van der Waals surface area contributed by atoms with E-state index in [-0.39, 0.29) is 5.91 Å². The molecule has 1 unspecified atom stereocenters. The van der Waals surface area contributed by atoms with Crippen LogP contribution in [0.2, 0.25) is 0 Å². The maximum absolute atomic E-state index is 12.0. The topological polar surface area (TPSA) is 60.9 Å². The maximum atomic E-state index is 12.0. The number of carboxylic acid groups (broad SMARTS) is 1. The minimum atomic E-state index is -0.726. The molecule has 0 aromatic heterocycles. The lowest BCUT2D eigenvalue weighted by atomic mass is 9.84. The van der Waals surface area contributed by atoms with Gasteiger partial charge in [-0.15, -0.1) is 0 Å². The van der Waals surface area contributed by atoms with Crippen LogP contribution in [-0.2, 0) is 9.59 Å². The number of likely N-dealkylation sites (N-methyl/N-ethyl adjacent to an activating group) is 1. The van der Waals surface area contributed by atoms with E-state index in [1.807, 2.05) is 23.8 Å². The van der Waals surface area contributed by atoms with E-state index in [9.17, 15) is 14.7 Å². The molecule has 5 heteroatoms. The molecule has 0 aromatic carbocycles. The van der Waals surface area contributed by atoms with Crippen LogP contribution >= 0.6 is 0 Å². The van der Waals surface area contributed by atoms with Gasteiger partial charge in [-0.1, -0.05) is 6.92 Å². The molecule has 1 amide bonds. The van der Waals surface area contributed by atoms with E-state index in [0.717, 1.165) is 12.8 Å². The summed E-state index contributed by atoms with van der Waals surface area (Å²) in [5, 5.41) is 9.30. The minimum Gasteiger partial charge on any atom is -0.481 e. The van der Waals surface area contributed by atoms with Gasteiger partial charge in [0, 0.05) is 19.6 Å². The summed E-state index contributed by atoms with van der Waals surface area (Å²) in [6.07, 6.45) is 3.50. The molecular formula is C13H22N2O3. The monoisotopic (exact) mass is 254 g/mol. The van der Waals surface area contributed by atoms with Gasteiger partial charge < -0.3 is 10.0 Å². The molecule has 5 nitrogen and oxygen atoms in total. The molecule has 1 aliphatic carbocycles. The van der Waals surface area contributed by atoms with Crippen LogP contribution in [0, 0.1) is 5.41 Å². The third-order valence-electron chi connectivity index (χ3n) is 4.41. The van der Waals surface area contributed by atoms with Gasteiger partial charge in [-0.3, -0.25) is 14.5 Å². The number of amides is 1. The zero-order valence-electron chi connectivity index (χ0n) is 11.2. The Labute approximate surface area is 108 Å². The van der Waals surface area contributed by atoms with Gasteiger partial charge in [0.25, 0.3) is 0 Å². The molecule has 1 N–H and O–H groups in total. The number of nitrogens with zero attached hydrogens (tertiary/aromatic N) is 2. The molecule has 2 fully saturated rings. The van der Waals surface area contributed by atoms with Crippen LogP contribution in [0.5, 0.6) is 0 Å². The Hall–Kier alpha value is -1.10. The van der Waals surface area contributed by atoms with E-state index in [4.69, 9.17) is 0 Å². The van der Waals surface area contributed by atoms with Crippen LogP contribution in [0.25, 0.3) is 0 Å². The lowest BCUT2D eigenvalue weighted by molar-refractivity contribution is -0.148. The van der Waals surface area contributed by atoms with Gasteiger partial charge in [-0.25, -0.2) is 0 Å². The van der Waals surface area contributed by atoms with Crippen molar-refractivity contribution in [1.29, 1.82) is 0 Å². The number of carboxylic acids is 1. The van der Waals surface area contributed by atoms with Crippen LogP contribution < -0.4 is 0 Å². The van der Waals surface area contributed by atoms with E-state index < -0.39 is 11.4 Å². The van der Waals surface area contributed by atoms with E-state index in [1.54, 1.807) is 0 Å². The van der Waals surface area contributed by atoms with Crippen molar-refractivity contribution < 1.29 is 14.7 Å². The molecule has 18 heavy (non-hydrogen) atoms. The average molecular weight is 254 g/mol. The number of carbonyl (C=O) groups is 2. The van der Waals surface area contributed by atoms with Crippen molar-refractivity contribution >= 4 is 11.9 Å². The van der Waals surface area contributed by atoms with Crippen LogP contribution in [0.4, 0.5) is 0 Å². The summed E-state index contributed by atoms with van der Waals surface area (Å²) in [4.78, 5) is 27.1. The van der Waals surface area contributed by atoms with Crippen molar-refractivity contribution in [3.05, 3.63) is 0 Å². The highest BCUT2D eigenvalue weighted by molar-refractivity contribution is 5.79. The molecule has 102 valence electrons. The Morgan fingerprint density at radius 1 is 1.44 bits per heavy atom. The fraction of sp³-hybridized carbons (Fsp3) is 0.846. The highest BCUT2D eigenvalue weighted by atomic mass is 16.4. The fourth-order valence-corrected chi connectivity index (χ4v) is 2.68. The van der Waals surface area contributed by atoms with E-state index in [1.165, 1.54) is 0 Å². The number of likely N-dealkylation sites (tertiary alicyclic amines) is 1. The third kappa shape index (κ3) is 2.51. The van der Waals surface area contributed by atoms with Crippen LogP contribution in [0.3, 0.4) is 0 Å². The minimum absolute atomic E-state index is 0.120. The Bertz CT molecular complexity index is 354. The first kappa shape index (κ1) is 13.3. The molecule has 1 saturated heterocycles. The van der Waals surface area contributed by atoms with Gasteiger partial charge in [0.1, 0.15) is 0 Å². The summed E-state index contributed by atoms with van der Waals surface area (Å²) in [7, 11) is 1.85. The van der Waals surface area contributed by atoms with Crippen LogP contribution in [0.15, 0.2) is 0 Å². The van der Waals surface area contributed by atoms with Crippen molar-refractivity contribution in [2.45, 2.75) is 38.6 Å². The molecular weight excluding hydrogens is 232 g/mol. The lowest BCUT2D eigenvalue weighted by Crippen LogP contribution is -2.40. The van der Waals surface area contributed by atoms with Crippen molar-refractivity contribution in [2.24, 2.45) is 5.41 Å². The average Bonchev–Trinajstić information content (AvgIpc) is 3.10. The third-order valence-corrected chi connectivity index (χ3v) is 4.41. The lowest BCUT2D eigenvalue weighted by Gasteiger charge is -2.24. The summed E-state index contributed by atoms with van der Waals surface area (Å²) in [6, 6.07) is 0.426. The molecule has 0 radical (unpaired) electrons. The van der Waals surface area contributed by atoms with Crippen LogP contribution in [0.1, 0.15) is 32.6 Å². The number of hydrogen-bond donors (Lipinski definition) is 1. The first-order valence-electron chi connectivity index (χ1n) is 6.70. The van der Waals surface area contributed by atoms with Crippen molar-refractivity contribution in [3.8, 4) is 0 Å². The second-order valence-corrected chi connectivity index (χ2v) is 5.64. The summed E-state index contributed by atoms with van der Waals surface area (Å²) < 4.78 is 0. The summed E-state index contributed by atoms with van der Waals surface area (Å²) in [6.45, 7) is 3.49. The zero-order valence-corrected chi connectivity index (χ0v) is 11.2. The number of hydrogen-bond acceptors (Lipinski definition) is 3. The molecule has 0 aromatic rings. The molecule has 2 rings (SSSR count). The Morgan fingerprint density at radius 3 is 2.56 bits per heavy atom. The van der Waals surface area contributed by atoms with E-state index >= 15 is 0 Å². The highest BCUT2D eigenvalue weighted by Crippen LogP contribution is 2.34. The molecule has 1 saturated carbocycles. The highest BCUT2D eigenvalue weighted by Gasteiger charge is 2.44. The second-order valence-electron chi connectivity index (χ2n) is 5.64. The van der Waals surface area contributed by atoms with Gasteiger partial charge in [0.05, 0.1) is 12.0 Å². The first-order chi connectivity index (χ1) is 8.48. The Balaban J connectivity index is 1.88. The van der Waals surface area contributed by atoms with Gasteiger partial charge in [0.15, 0.2) is 0 Å². The number of rotatable bonds is 5. The first-order valence-corrected chi connectivity index (χ1v) is 6.70. The van der Waals surface area contributed by atoms with Gasteiger partial charge >= 0.3 is 5.97 Å². The molecule has 2 aliphatic rings. The van der Waals surface area contributed by atoms with Gasteiger partial charge in [0.2, 0.25) is 5.91 Å². The van der Waals surface area contributed by atoms with E-state index in [2.05, 4.69) is 0 Å². The normalized spacial score (nSPS) is 28.3. The number of aliphatic carboxylic acids is 1. The fourth-order valence-electron chi connectivity index (χ4n) is 2.68. The summed E-state index contributed by atoms with van der Waals surface area (Å²) >= 11 is 0. The predicted octanol–water partition coefficient (Wildman–Crippen LogP) is 0.794. The van der Waals surface area contributed by atoms with Crippen LogP contribution in [-0.4, -0.2) is 59.5 Å². The standard InChI is InChI=1S/C13H22N2O3/c1-3-13(12(17)18)6-7-15(9-13)8-11(16)14(2)10-4-5-10/h10H,3-9H2,1-2H3,(H,17,18). The molecule has 0 bridgehead atoms. The summed E-state index contributed by atoms with van der Waals surface area (Å²) in [5.41, 5.74) is -0.640. The smallest absolute Gasteiger partial charge is 0.310 e. The number of carbonyl (C=O) groups excluding carboxylic acids is 1. The molecule has 0 spiro atoms. The Morgan fingerprint density at radius 2 is 2.11 bits per heavy atom. The van der Waals surface area contributed by atoms with E-state index in [0.29, 0.717) is 38.5 Å². The SMILES string of the molecule is CCC1(C(=O)O)CCN(CC(=O)N(C)C2CC2)C1. The Kier molecular flexibility index (Phi) is 3.61. The molecule has 1 atom stereocenters. The second kappa shape index (κ2) is 4.88. The molecule has 1 aliphatic heterocycles. The van der Waals surface area contributed by atoms with Crippen molar-refractivity contribution in [1.82, 2.24) is 9.80 Å². The molecule has 1 heterocycles. The zero-order chi connectivity index (χ0) is 13.3. The van der Waals surface area contributed by atoms with Gasteiger partial charge in [-0.05, 0) is 32.2 Å². The summed E-state index contributed by atoms with van der Waals surface area (Å²) in [5.74, 6) is -0.606. The predicted molar refractivity (Wildman–Crippen MR) is 67.2 cm³/mol. The largest absolute Gasteiger partial charge is 0.481 e. The van der Waals surface area contributed by atoms with Crippen molar-refractivity contribution in [2.75, 3.05) is 26.7 Å². The quantitative estimate of drug-likeness (QED) is 0.788.